The van der Waals surface area contributed by atoms with E-state index >= 15 is 0 Å². The number of aliphatic hydroxyl groups excluding tert-OH is 2. The molecule has 0 spiro atoms. The predicted octanol–water partition coefficient (Wildman–Crippen LogP) is 2.33. The third-order valence-corrected chi connectivity index (χ3v) is 5.49. The molecule has 0 saturated heterocycles. The highest BCUT2D eigenvalue weighted by Crippen LogP contribution is 2.51. The highest BCUT2D eigenvalue weighted by Gasteiger charge is 2.50. The van der Waals surface area contributed by atoms with Crippen LogP contribution in [0, 0.1) is 23.7 Å². The first-order valence-corrected chi connectivity index (χ1v) is 7.13. The Labute approximate surface area is 98.1 Å². The van der Waals surface area contributed by atoms with Gasteiger partial charge in [-0.2, -0.15) is 0 Å². The summed E-state index contributed by atoms with van der Waals surface area (Å²) < 4.78 is 0. The van der Waals surface area contributed by atoms with Crippen molar-refractivity contribution in [2.75, 3.05) is 0 Å². The fraction of sp³-hybridized carbons (Fsp3) is 1.00. The summed E-state index contributed by atoms with van der Waals surface area (Å²) >= 11 is 0. The van der Waals surface area contributed by atoms with Crippen molar-refractivity contribution in [3.63, 3.8) is 0 Å². The molecule has 5 atom stereocenters. The van der Waals surface area contributed by atoms with E-state index in [4.69, 9.17) is 0 Å². The summed E-state index contributed by atoms with van der Waals surface area (Å²) in [4.78, 5) is 0. The molecule has 0 aliphatic heterocycles. The fourth-order valence-electron chi connectivity index (χ4n) is 4.67. The zero-order valence-electron chi connectivity index (χ0n) is 10.0. The van der Waals surface area contributed by atoms with Crippen LogP contribution in [0.15, 0.2) is 0 Å². The molecule has 16 heavy (non-hydrogen) atoms. The van der Waals surface area contributed by atoms with Crippen molar-refractivity contribution >= 4 is 0 Å². The molecule has 3 saturated carbocycles. The molecule has 92 valence electrons. The Bertz CT molecular complexity index is 247. The van der Waals surface area contributed by atoms with E-state index in [1.54, 1.807) is 0 Å². The molecule has 2 N–H and O–H groups in total. The summed E-state index contributed by atoms with van der Waals surface area (Å²) in [6, 6.07) is 0. The number of hydrogen-bond donors (Lipinski definition) is 2. The number of rotatable bonds is 1. The molecule has 5 unspecified atom stereocenters. The summed E-state index contributed by atoms with van der Waals surface area (Å²) in [7, 11) is 0. The molecule has 0 aromatic rings. The molecule has 2 heteroatoms. The summed E-state index contributed by atoms with van der Waals surface area (Å²) in [5.74, 6) is 2.09. The number of hydrogen-bond acceptors (Lipinski definition) is 2. The Hall–Kier alpha value is -0.0800. The first kappa shape index (κ1) is 11.0. The molecule has 3 aliphatic carbocycles. The van der Waals surface area contributed by atoms with Gasteiger partial charge < -0.3 is 10.2 Å². The highest BCUT2D eigenvalue weighted by molar-refractivity contribution is 5.00. The average Bonchev–Trinajstić information content (AvgIpc) is 2.83. The Kier molecular flexibility index (Phi) is 2.97. The number of fused-ring (bicyclic) bond motifs is 1. The maximum Gasteiger partial charge on any atom is 0.0626 e. The van der Waals surface area contributed by atoms with Gasteiger partial charge in [-0.15, -0.1) is 0 Å². The van der Waals surface area contributed by atoms with E-state index in [2.05, 4.69) is 0 Å². The lowest BCUT2D eigenvalue weighted by atomic mass is 9.77. The molecule has 2 nitrogen and oxygen atoms in total. The van der Waals surface area contributed by atoms with E-state index in [1.807, 2.05) is 0 Å². The van der Waals surface area contributed by atoms with Crippen LogP contribution in [0.1, 0.15) is 51.4 Å². The maximum absolute atomic E-state index is 10.4. The Morgan fingerprint density at radius 1 is 0.750 bits per heavy atom. The van der Waals surface area contributed by atoms with Crippen LogP contribution >= 0.6 is 0 Å². The van der Waals surface area contributed by atoms with E-state index in [0.29, 0.717) is 11.8 Å². The van der Waals surface area contributed by atoms with Gasteiger partial charge in [-0.05, 0) is 37.0 Å². The molecule has 0 heterocycles. The lowest BCUT2D eigenvalue weighted by Crippen LogP contribution is -2.33. The average molecular weight is 224 g/mol. The quantitative estimate of drug-likeness (QED) is 0.717. The molecule has 0 radical (unpaired) electrons. The van der Waals surface area contributed by atoms with Crippen molar-refractivity contribution in [2.24, 2.45) is 23.7 Å². The van der Waals surface area contributed by atoms with Crippen LogP contribution in [0.2, 0.25) is 0 Å². The first-order chi connectivity index (χ1) is 7.77. The minimum absolute atomic E-state index is 0.203. The topological polar surface area (TPSA) is 40.5 Å². The van der Waals surface area contributed by atoms with E-state index in [9.17, 15) is 10.2 Å². The maximum atomic E-state index is 10.4. The molecule has 3 aliphatic rings. The standard InChI is InChI=1S/C14H24O2/c15-12-7-6-10-8-11(14(16)13(10)12)9-4-2-1-3-5-9/h9-16H,1-8H2. The van der Waals surface area contributed by atoms with Gasteiger partial charge in [-0.1, -0.05) is 32.1 Å². The molecule has 0 aromatic carbocycles. The van der Waals surface area contributed by atoms with Gasteiger partial charge in [0.2, 0.25) is 0 Å². The van der Waals surface area contributed by atoms with E-state index in [0.717, 1.165) is 18.8 Å². The van der Waals surface area contributed by atoms with E-state index < -0.39 is 0 Å². The fourth-order valence-corrected chi connectivity index (χ4v) is 4.67. The zero-order chi connectivity index (χ0) is 11.1. The lowest BCUT2D eigenvalue weighted by Gasteiger charge is -2.31. The van der Waals surface area contributed by atoms with Gasteiger partial charge in [-0.25, -0.2) is 0 Å². The monoisotopic (exact) mass is 224 g/mol. The molecular formula is C14H24O2. The van der Waals surface area contributed by atoms with Gasteiger partial charge in [0.1, 0.15) is 0 Å². The zero-order valence-corrected chi connectivity index (χ0v) is 10.0. The Morgan fingerprint density at radius 2 is 1.50 bits per heavy atom. The summed E-state index contributed by atoms with van der Waals surface area (Å²) in [6.45, 7) is 0. The van der Waals surface area contributed by atoms with Crippen LogP contribution in [0.3, 0.4) is 0 Å². The first-order valence-electron chi connectivity index (χ1n) is 7.13. The van der Waals surface area contributed by atoms with E-state index in [1.165, 1.54) is 38.5 Å². The largest absolute Gasteiger partial charge is 0.393 e. The Balaban J connectivity index is 1.69. The van der Waals surface area contributed by atoms with Crippen LogP contribution in [-0.2, 0) is 0 Å². The molecule has 0 aromatic heterocycles. The van der Waals surface area contributed by atoms with Gasteiger partial charge in [-0.3, -0.25) is 0 Å². The van der Waals surface area contributed by atoms with Crippen molar-refractivity contribution in [1.29, 1.82) is 0 Å². The normalized spacial score (nSPS) is 49.5. The second-order valence-electron chi connectivity index (χ2n) is 6.27. The van der Waals surface area contributed by atoms with Crippen LogP contribution in [-0.4, -0.2) is 22.4 Å². The van der Waals surface area contributed by atoms with Crippen LogP contribution in [0.5, 0.6) is 0 Å². The summed E-state index contributed by atoms with van der Waals surface area (Å²) in [5.41, 5.74) is 0. The highest BCUT2D eigenvalue weighted by atomic mass is 16.3. The van der Waals surface area contributed by atoms with Gasteiger partial charge in [0.15, 0.2) is 0 Å². The van der Waals surface area contributed by atoms with Crippen molar-refractivity contribution in [3.05, 3.63) is 0 Å². The van der Waals surface area contributed by atoms with Crippen molar-refractivity contribution in [3.8, 4) is 0 Å². The third kappa shape index (κ3) is 1.70. The Morgan fingerprint density at radius 3 is 2.19 bits per heavy atom. The van der Waals surface area contributed by atoms with Gasteiger partial charge in [0, 0.05) is 5.92 Å². The van der Waals surface area contributed by atoms with Crippen molar-refractivity contribution < 1.29 is 10.2 Å². The minimum Gasteiger partial charge on any atom is -0.393 e. The lowest BCUT2D eigenvalue weighted by molar-refractivity contribution is 0.00318. The van der Waals surface area contributed by atoms with Gasteiger partial charge >= 0.3 is 0 Å². The van der Waals surface area contributed by atoms with Crippen LogP contribution in [0.4, 0.5) is 0 Å². The SMILES string of the molecule is OC1CCC2CC(C3CCCCC3)C(O)C12. The van der Waals surface area contributed by atoms with Crippen molar-refractivity contribution in [2.45, 2.75) is 63.6 Å². The predicted molar refractivity (Wildman–Crippen MR) is 62.9 cm³/mol. The second-order valence-corrected chi connectivity index (χ2v) is 6.27. The van der Waals surface area contributed by atoms with Crippen LogP contribution < -0.4 is 0 Å². The summed E-state index contributed by atoms with van der Waals surface area (Å²) in [5, 5.41) is 20.3. The molecule has 3 rings (SSSR count). The number of aliphatic hydroxyl groups is 2. The molecule has 3 fully saturated rings. The second kappa shape index (κ2) is 4.30. The smallest absolute Gasteiger partial charge is 0.0626 e. The summed E-state index contributed by atoms with van der Waals surface area (Å²) in [6.07, 6.45) is 9.56. The van der Waals surface area contributed by atoms with Gasteiger partial charge in [0.05, 0.1) is 12.2 Å². The molecule has 0 amide bonds. The molecule has 0 bridgehead atoms. The molecular weight excluding hydrogens is 200 g/mol. The van der Waals surface area contributed by atoms with Gasteiger partial charge in [0.25, 0.3) is 0 Å². The van der Waals surface area contributed by atoms with E-state index in [-0.39, 0.29) is 18.1 Å². The third-order valence-electron chi connectivity index (χ3n) is 5.49. The minimum atomic E-state index is -0.214. The van der Waals surface area contributed by atoms with Crippen molar-refractivity contribution in [1.82, 2.24) is 0 Å². The van der Waals surface area contributed by atoms with Crippen LogP contribution in [0.25, 0.3) is 0 Å².